The minimum Gasteiger partial charge on any atom is -0.349 e. The third-order valence-corrected chi connectivity index (χ3v) is 4.50. The molecule has 136 valence electrons. The molecule has 1 fully saturated rings. The van der Waals surface area contributed by atoms with E-state index in [1.54, 1.807) is 4.68 Å². The number of hydrogen-bond donors (Lipinski definition) is 2. The van der Waals surface area contributed by atoms with Crippen LogP contribution in [0.5, 0.6) is 0 Å². The zero-order valence-corrected chi connectivity index (χ0v) is 16.6. The number of carbonyl (C=O) groups excluding carboxylic acids is 1. The van der Waals surface area contributed by atoms with Gasteiger partial charge in [-0.1, -0.05) is 28.1 Å². The van der Waals surface area contributed by atoms with E-state index in [1.807, 2.05) is 24.3 Å². The van der Waals surface area contributed by atoms with E-state index in [-0.39, 0.29) is 18.3 Å². The number of benzene rings is 1. The van der Waals surface area contributed by atoms with E-state index < -0.39 is 0 Å². The maximum atomic E-state index is 12.5. The van der Waals surface area contributed by atoms with Crippen LogP contribution < -0.4 is 10.6 Å². The van der Waals surface area contributed by atoms with E-state index in [9.17, 15) is 4.79 Å². The molecule has 1 aromatic carbocycles. The van der Waals surface area contributed by atoms with Crippen molar-refractivity contribution in [2.75, 3.05) is 19.6 Å². The summed E-state index contributed by atoms with van der Waals surface area (Å²) in [5.74, 6) is 0.237. The summed E-state index contributed by atoms with van der Waals surface area (Å²) in [7, 11) is 0. The molecule has 8 heteroatoms. The number of halogens is 2. The largest absolute Gasteiger partial charge is 0.349 e. The molecule has 0 bridgehead atoms. The van der Waals surface area contributed by atoms with Gasteiger partial charge in [0.05, 0.1) is 11.4 Å². The number of rotatable bonds is 8. The van der Waals surface area contributed by atoms with E-state index in [1.165, 1.54) is 0 Å². The van der Waals surface area contributed by atoms with Gasteiger partial charge >= 0.3 is 0 Å². The topological polar surface area (TPSA) is 71.8 Å². The second-order valence-corrected chi connectivity index (χ2v) is 6.91. The molecule has 2 N–H and O–H groups in total. The Hall–Kier alpha value is -1.44. The number of hydrogen-bond acceptors (Lipinski definition) is 4. The molecule has 0 unspecified atom stereocenters. The Morgan fingerprint density at radius 3 is 2.60 bits per heavy atom. The molecule has 0 radical (unpaired) electrons. The first-order valence-corrected chi connectivity index (χ1v) is 9.20. The Morgan fingerprint density at radius 2 is 1.96 bits per heavy atom. The lowest BCUT2D eigenvalue weighted by Gasteiger charge is -2.08. The maximum Gasteiger partial charge on any atom is 0.273 e. The van der Waals surface area contributed by atoms with Gasteiger partial charge in [-0.25, -0.2) is 4.68 Å². The van der Waals surface area contributed by atoms with Crippen molar-refractivity contribution in [1.82, 2.24) is 25.6 Å². The Balaban J connectivity index is 0.00000225. The highest BCUT2D eigenvalue weighted by atomic mass is 79.9. The van der Waals surface area contributed by atoms with Crippen LogP contribution in [0, 0.1) is 0 Å². The van der Waals surface area contributed by atoms with Gasteiger partial charge in [-0.15, -0.1) is 17.5 Å². The normalized spacial score (nSPS) is 13.4. The van der Waals surface area contributed by atoms with Crippen molar-refractivity contribution in [3.8, 4) is 5.69 Å². The van der Waals surface area contributed by atoms with Crippen molar-refractivity contribution < 1.29 is 4.79 Å². The lowest BCUT2D eigenvalue weighted by molar-refractivity contribution is 0.0948. The molecule has 0 aliphatic heterocycles. The molecule has 1 amide bonds. The van der Waals surface area contributed by atoms with Crippen LogP contribution in [0.4, 0.5) is 0 Å². The summed E-state index contributed by atoms with van der Waals surface area (Å²) in [6.45, 7) is 4.43. The molecule has 1 aromatic heterocycles. The van der Waals surface area contributed by atoms with Crippen molar-refractivity contribution in [2.45, 2.75) is 32.1 Å². The molecule has 25 heavy (non-hydrogen) atoms. The van der Waals surface area contributed by atoms with Crippen molar-refractivity contribution in [3.05, 3.63) is 40.1 Å². The molecule has 1 aliphatic rings. The monoisotopic (exact) mass is 427 g/mol. The predicted molar refractivity (Wildman–Crippen MR) is 104 cm³/mol. The van der Waals surface area contributed by atoms with Crippen molar-refractivity contribution in [2.24, 2.45) is 0 Å². The second kappa shape index (κ2) is 9.31. The third-order valence-electron chi connectivity index (χ3n) is 3.97. The van der Waals surface area contributed by atoms with Gasteiger partial charge in [-0.2, -0.15) is 0 Å². The molecular weight excluding hydrogens is 406 g/mol. The molecule has 1 heterocycles. The Kier molecular flexibility index (Phi) is 7.40. The number of carbonyl (C=O) groups is 1. The van der Waals surface area contributed by atoms with Crippen molar-refractivity contribution >= 4 is 34.2 Å². The van der Waals surface area contributed by atoms with Gasteiger partial charge in [0.25, 0.3) is 5.91 Å². The first kappa shape index (κ1) is 19.9. The van der Waals surface area contributed by atoms with Gasteiger partial charge in [0, 0.05) is 23.5 Å². The summed E-state index contributed by atoms with van der Waals surface area (Å²) in [6, 6.07) is 7.88. The fraction of sp³-hybridized carbons (Fsp3) is 0.471. The maximum absolute atomic E-state index is 12.5. The quantitative estimate of drug-likeness (QED) is 0.634. The van der Waals surface area contributed by atoms with E-state index in [0.29, 0.717) is 18.2 Å². The SMILES string of the molecule is CCCNCCNC(=O)c1nnn(-c2ccc(Br)cc2)c1C1CC1.Cl. The van der Waals surface area contributed by atoms with E-state index in [4.69, 9.17) is 0 Å². The van der Waals surface area contributed by atoms with Crippen LogP contribution in [-0.2, 0) is 0 Å². The standard InChI is InChI=1S/C17H22BrN5O.ClH/c1-2-9-19-10-11-20-17(24)15-16(12-3-4-12)23(22-21-15)14-7-5-13(18)6-8-14;/h5-8,12,19H,2-4,9-11H2,1H3,(H,20,24);1H. The molecule has 3 rings (SSSR count). The van der Waals surface area contributed by atoms with Crippen molar-refractivity contribution in [1.29, 1.82) is 0 Å². The summed E-state index contributed by atoms with van der Waals surface area (Å²) >= 11 is 3.44. The molecule has 2 aromatic rings. The highest BCUT2D eigenvalue weighted by Gasteiger charge is 2.34. The molecule has 1 aliphatic carbocycles. The van der Waals surface area contributed by atoms with Gasteiger partial charge in [0.1, 0.15) is 0 Å². The summed E-state index contributed by atoms with van der Waals surface area (Å²) in [5.41, 5.74) is 2.31. The van der Waals surface area contributed by atoms with Gasteiger partial charge in [-0.05, 0) is 50.1 Å². The zero-order chi connectivity index (χ0) is 16.9. The molecule has 0 spiro atoms. The van der Waals surface area contributed by atoms with Crippen LogP contribution in [0.1, 0.15) is 48.3 Å². The number of nitrogens with one attached hydrogen (secondary N) is 2. The predicted octanol–water partition coefficient (Wildman–Crippen LogP) is 3.06. The van der Waals surface area contributed by atoms with Gasteiger partial charge in [-0.3, -0.25) is 4.79 Å². The van der Waals surface area contributed by atoms with Gasteiger partial charge in [0.15, 0.2) is 5.69 Å². The average molecular weight is 429 g/mol. The Morgan fingerprint density at radius 1 is 1.24 bits per heavy atom. The summed E-state index contributed by atoms with van der Waals surface area (Å²) in [4.78, 5) is 12.5. The highest BCUT2D eigenvalue weighted by Crippen LogP contribution is 2.42. The van der Waals surface area contributed by atoms with Crippen LogP contribution in [-0.4, -0.2) is 40.5 Å². The molecule has 0 atom stereocenters. The van der Waals surface area contributed by atoms with Gasteiger partial charge in [0.2, 0.25) is 0 Å². The number of nitrogens with zero attached hydrogens (tertiary/aromatic N) is 3. The summed E-state index contributed by atoms with van der Waals surface area (Å²) in [5, 5.41) is 14.6. The number of amides is 1. The second-order valence-electron chi connectivity index (χ2n) is 5.99. The van der Waals surface area contributed by atoms with E-state index >= 15 is 0 Å². The summed E-state index contributed by atoms with van der Waals surface area (Å²) in [6.07, 6.45) is 3.26. The number of aromatic nitrogens is 3. The van der Waals surface area contributed by atoms with Crippen molar-refractivity contribution in [3.63, 3.8) is 0 Å². The summed E-state index contributed by atoms with van der Waals surface area (Å²) < 4.78 is 2.81. The Labute approximate surface area is 162 Å². The minimum absolute atomic E-state index is 0. The minimum atomic E-state index is -0.140. The lowest BCUT2D eigenvalue weighted by Crippen LogP contribution is -2.32. The molecule has 6 nitrogen and oxygen atoms in total. The van der Waals surface area contributed by atoms with Crippen LogP contribution >= 0.6 is 28.3 Å². The lowest BCUT2D eigenvalue weighted by atomic mass is 10.2. The molecule has 1 saturated carbocycles. The van der Waals surface area contributed by atoms with Crippen LogP contribution in [0.25, 0.3) is 5.69 Å². The third kappa shape index (κ3) is 5.03. The fourth-order valence-electron chi connectivity index (χ4n) is 2.60. The van der Waals surface area contributed by atoms with Gasteiger partial charge < -0.3 is 10.6 Å². The van der Waals surface area contributed by atoms with Crippen LogP contribution in [0.15, 0.2) is 28.7 Å². The Bertz CT molecular complexity index is 700. The molecular formula is C17H23BrClN5O. The van der Waals surface area contributed by atoms with Crippen LogP contribution in [0.2, 0.25) is 0 Å². The smallest absolute Gasteiger partial charge is 0.273 e. The zero-order valence-electron chi connectivity index (χ0n) is 14.2. The fourth-order valence-corrected chi connectivity index (χ4v) is 2.86. The van der Waals surface area contributed by atoms with Crippen LogP contribution in [0.3, 0.4) is 0 Å². The highest BCUT2D eigenvalue weighted by molar-refractivity contribution is 9.10. The molecule has 0 saturated heterocycles. The first-order chi connectivity index (χ1) is 11.7. The van der Waals surface area contributed by atoms with E-state index in [0.717, 1.165) is 48.2 Å². The average Bonchev–Trinajstić information content (AvgIpc) is 3.33. The first-order valence-electron chi connectivity index (χ1n) is 8.41. The van der Waals surface area contributed by atoms with E-state index in [2.05, 4.69) is 43.8 Å².